The Labute approximate surface area is 178 Å². The summed E-state index contributed by atoms with van der Waals surface area (Å²) in [6.07, 6.45) is 2.02. The minimum absolute atomic E-state index is 0.0483. The van der Waals surface area contributed by atoms with Crippen molar-refractivity contribution in [3.63, 3.8) is 0 Å². The van der Waals surface area contributed by atoms with E-state index in [2.05, 4.69) is 40.5 Å². The molecule has 1 aliphatic carbocycles. The van der Waals surface area contributed by atoms with Gasteiger partial charge in [0.15, 0.2) is 5.78 Å². The van der Waals surface area contributed by atoms with Gasteiger partial charge in [0, 0.05) is 29.0 Å². The van der Waals surface area contributed by atoms with Crippen LogP contribution in [0.3, 0.4) is 0 Å². The summed E-state index contributed by atoms with van der Waals surface area (Å²) < 4.78 is 16.4. The van der Waals surface area contributed by atoms with Crippen LogP contribution in [0.1, 0.15) is 42.0 Å². The van der Waals surface area contributed by atoms with E-state index in [0.717, 1.165) is 24.3 Å². The maximum atomic E-state index is 14.7. The van der Waals surface area contributed by atoms with E-state index in [1.807, 2.05) is 6.07 Å². The molecule has 1 aromatic heterocycles. The molecule has 2 aromatic carbocycles. The summed E-state index contributed by atoms with van der Waals surface area (Å²) in [7, 11) is 0. The zero-order chi connectivity index (χ0) is 20.7. The Bertz CT molecular complexity index is 1170. The number of hydrogen-bond donors (Lipinski definition) is 1. The summed E-state index contributed by atoms with van der Waals surface area (Å²) in [6, 6.07) is 14.3. The van der Waals surface area contributed by atoms with Crippen LogP contribution in [0.25, 0.3) is 0 Å². The highest BCUT2D eigenvalue weighted by molar-refractivity contribution is 7.98. The molecule has 5 nitrogen and oxygen atoms in total. The molecule has 2 aliphatic rings. The number of ketones is 1. The number of carbonyl (C=O) groups excluding carboxylic acids is 1. The first kappa shape index (κ1) is 19.1. The number of hydrogen-bond acceptors (Lipinski definition) is 5. The van der Waals surface area contributed by atoms with Crippen LogP contribution in [-0.4, -0.2) is 20.5 Å². The van der Waals surface area contributed by atoms with E-state index in [1.54, 1.807) is 22.9 Å². The first-order valence-corrected chi connectivity index (χ1v) is 11.0. The second kappa shape index (κ2) is 7.72. The van der Waals surface area contributed by atoms with E-state index in [1.165, 1.54) is 29.0 Å². The number of rotatable bonds is 4. The van der Waals surface area contributed by atoms with Gasteiger partial charge in [0.25, 0.3) is 0 Å². The zero-order valence-corrected chi connectivity index (χ0v) is 17.4. The molecule has 0 bridgehead atoms. The molecule has 3 aromatic rings. The van der Waals surface area contributed by atoms with E-state index in [9.17, 15) is 9.18 Å². The summed E-state index contributed by atoms with van der Waals surface area (Å²) in [6.45, 7) is 2.07. The number of thioether (sulfide) groups is 1. The molecule has 1 atom stereocenters. The topological polar surface area (TPSA) is 59.8 Å². The zero-order valence-electron chi connectivity index (χ0n) is 16.6. The lowest BCUT2D eigenvalue weighted by Crippen LogP contribution is -2.32. The number of Topliss-reactive ketones (excluding diaryl/α,β-unsaturated/α-hetero) is 1. The highest BCUT2D eigenvalue weighted by Gasteiger charge is 2.37. The van der Waals surface area contributed by atoms with Crippen LogP contribution in [0.2, 0.25) is 0 Å². The largest absolute Gasteiger partial charge is 0.328 e. The number of halogens is 1. The number of allylic oxidation sites excluding steroid dienone is 2. The van der Waals surface area contributed by atoms with Crippen molar-refractivity contribution in [3.05, 3.63) is 82.3 Å². The Balaban J connectivity index is 1.52. The highest BCUT2D eigenvalue weighted by Crippen LogP contribution is 2.41. The van der Waals surface area contributed by atoms with Crippen molar-refractivity contribution < 1.29 is 9.18 Å². The molecule has 5 rings (SSSR count). The third kappa shape index (κ3) is 3.43. The molecule has 0 unspecified atom stereocenters. The molecule has 1 aliphatic heterocycles. The van der Waals surface area contributed by atoms with Crippen LogP contribution in [0.15, 0.2) is 65.0 Å². The summed E-state index contributed by atoms with van der Waals surface area (Å²) in [5, 5.41) is 8.56. The first-order chi connectivity index (χ1) is 14.6. The fourth-order valence-corrected chi connectivity index (χ4v) is 4.90. The number of benzene rings is 2. The fraction of sp³-hybridized carbons (Fsp3) is 0.261. The minimum atomic E-state index is -0.592. The van der Waals surface area contributed by atoms with Gasteiger partial charge in [-0.05, 0) is 31.4 Å². The van der Waals surface area contributed by atoms with Crippen molar-refractivity contribution in [1.29, 1.82) is 0 Å². The third-order valence-electron chi connectivity index (χ3n) is 5.50. The number of nitrogens with one attached hydrogen (secondary N) is 1. The molecule has 30 heavy (non-hydrogen) atoms. The maximum absolute atomic E-state index is 14.7. The predicted octanol–water partition coefficient (Wildman–Crippen LogP) is 5.04. The van der Waals surface area contributed by atoms with Crippen LogP contribution >= 0.6 is 11.8 Å². The summed E-state index contributed by atoms with van der Waals surface area (Å²) in [5.74, 6) is 1.00. The quantitative estimate of drug-likeness (QED) is 0.599. The molecule has 0 radical (unpaired) electrons. The van der Waals surface area contributed by atoms with Gasteiger partial charge in [-0.15, -0.1) is 5.10 Å². The van der Waals surface area contributed by atoms with Crippen LogP contribution in [0, 0.1) is 12.7 Å². The summed E-state index contributed by atoms with van der Waals surface area (Å²) in [5.41, 5.74) is 4.30. The lowest BCUT2D eigenvalue weighted by molar-refractivity contribution is -0.116. The Morgan fingerprint density at radius 3 is 2.90 bits per heavy atom. The van der Waals surface area contributed by atoms with Gasteiger partial charge in [-0.25, -0.2) is 9.07 Å². The minimum Gasteiger partial charge on any atom is -0.328 e. The van der Waals surface area contributed by atoms with Gasteiger partial charge in [0.2, 0.25) is 11.1 Å². The second-order valence-corrected chi connectivity index (χ2v) is 8.60. The molecule has 152 valence electrons. The van der Waals surface area contributed by atoms with Crippen molar-refractivity contribution in [2.45, 2.75) is 43.1 Å². The van der Waals surface area contributed by atoms with Gasteiger partial charge in [-0.2, -0.15) is 4.98 Å². The van der Waals surface area contributed by atoms with Crippen molar-refractivity contribution >= 4 is 23.5 Å². The van der Waals surface area contributed by atoms with E-state index in [-0.39, 0.29) is 11.6 Å². The van der Waals surface area contributed by atoms with E-state index < -0.39 is 6.04 Å². The normalized spacial score (nSPS) is 18.1. The molecule has 1 N–H and O–H groups in total. The Morgan fingerprint density at radius 1 is 1.20 bits per heavy atom. The van der Waals surface area contributed by atoms with Gasteiger partial charge < -0.3 is 5.32 Å². The van der Waals surface area contributed by atoms with Crippen LogP contribution in [-0.2, 0) is 10.5 Å². The highest BCUT2D eigenvalue weighted by atomic mass is 32.2. The molecule has 7 heteroatoms. The molecule has 2 heterocycles. The fourth-order valence-electron chi connectivity index (χ4n) is 4.13. The van der Waals surface area contributed by atoms with E-state index >= 15 is 0 Å². The number of anilines is 1. The first-order valence-electron chi connectivity index (χ1n) is 10.0. The second-order valence-electron chi connectivity index (χ2n) is 7.66. The maximum Gasteiger partial charge on any atom is 0.227 e. The van der Waals surface area contributed by atoms with Gasteiger partial charge in [0.1, 0.15) is 11.9 Å². The Morgan fingerprint density at radius 2 is 2.07 bits per heavy atom. The molecule has 0 saturated heterocycles. The van der Waals surface area contributed by atoms with Crippen LogP contribution < -0.4 is 5.32 Å². The molecule has 0 spiro atoms. The number of aromatic nitrogens is 3. The summed E-state index contributed by atoms with van der Waals surface area (Å²) >= 11 is 1.53. The van der Waals surface area contributed by atoms with Crippen molar-refractivity contribution in [2.24, 2.45) is 0 Å². The van der Waals surface area contributed by atoms with Crippen LogP contribution in [0.4, 0.5) is 10.3 Å². The molecule has 0 fully saturated rings. The van der Waals surface area contributed by atoms with Crippen molar-refractivity contribution in [3.8, 4) is 0 Å². The SMILES string of the molecule is Cc1cccc(CSc2nc3n(n2)[C@H](c2ccccc2F)C2=C(CCCC2=O)N3)c1. The standard InChI is InChI=1S/C23H21FN4OS/c1-14-6-4-7-15(12-14)13-30-23-26-22-25-18-10-5-11-19(29)20(18)21(28(22)27-23)16-8-2-3-9-17(16)24/h2-4,6-9,12,21H,5,10-11,13H2,1H3,(H,25,26,27)/t21-/m1/s1. The third-order valence-corrected chi connectivity index (χ3v) is 6.41. The number of fused-ring (bicyclic) bond motifs is 1. The lowest BCUT2D eigenvalue weighted by atomic mass is 9.85. The average Bonchev–Trinajstić information content (AvgIpc) is 3.14. The van der Waals surface area contributed by atoms with Gasteiger partial charge in [0.05, 0.1) is 0 Å². The van der Waals surface area contributed by atoms with Gasteiger partial charge in [-0.3, -0.25) is 4.79 Å². The number of carbonyl (C=O) groups is 1. The molecular formula is C23H21FN4OS. The van der Waals surface area contributed by atoms with Crippen molar-refractivity contribution in [1.82, 2.24) is 14.8 Å². The number of nitrogens with zero attached hydrogens (tertiary/aromatic N) is 3. The summed E-state index contributed by atoms with van der Waals surface area (Å²) in [4.78, 5) is 17.4. The van der Waals surface area contributed by atoms with Crippen LogP contribution in [0.5, 0.6) is 0 Å². The number of aryl methyl sites for hydroxylation is 1. The molecular weight excluding hydrogens is 399 g/mol. The Kier molecular flexibility index (Phi) is 4.90. The molecule has 0 amide bonds. The lowest BCUT2D eigenvalue weighted by Gasteiger charge is -2.32. The van der Waals surface area contributed by atoms with E-state index in [0.29, 0.717) is 28.7 Å². The van der Waals surface area contributed by atoms with Gasteiger partial charge >= 0.3 is 0 Å². The Hall–Kier alpha value is -2.93. The van der Waals surface area contributed by atoms with Crippen molar-refractivity contribution in [2.75, 3.05) is 5.32 Å². The average molecular weight is 421 g/mol. The predicted molar refractivity (Wildman–Crippen MR) is 115 cm³/mol. The van der Waals surface area contributed by atoms with Gasteiger partial charge in [-0.1, -0.05) is 59.8 Å². The smallest absolute Gasteiger partial charge is 0.227 e. The monoisotopic (exact) mass is 420 g/mol. The molecule has 0 saturated carbocycles. The van der Waals surface area contributed by atoms with E-state index in [4.69, 9.17) is 0 Å².